The van der Waals surface area contributed by atoms with E-state index in [-0.39, 0.29) is 11.4 Å². The molecule has 0 aliphatic heterocycles. The van der Waals surface area contributed by atoms with E-state index in [0.717, 1.165) is 12.8 Å². The van der Waals surface area contributed by atoms with Crippen LogP contribution in [0.3, 0.4) is 0 Å². The number of nitrogens with one attached hydrogen (secondary N) is 1. The fraction of sp³-hybridized carbons (Fsp3) is 0.909. The van der Waals surface area contributed by atoms with Crippen molar-refractivity contribution in [1.82, 2.24) is 5.32 Å². The first-order valence-electron chi connectivity index (χ1n) is 5.73. The summed E-state index contributed by atoms with van der Waals surface area (Å²) in [6.07, 6.45) is 7.61. The van der Waals surface area contributed by atoms with E-state index in [1.54, 1.807) is 0 Å². The summed E-state index contributed by atoms with van der Waals surface area (Å²) in [6, 6.07) is 0. The normalized spacial score (nSPS) is 21.3. The van der Waals surface area contributed by atoms with Gasteiger partial charge in [0.05, 0.1) is 5.54 Å². The Labute approximate surface area is 86.4 Å². The average Bonchev–Trinajstić information content (AvgIpc) is 2.44. The highest BCUT2D eigenvalue weighted by atomic mass is 16.1. The minimum atomic E-state index is -0.0937. The van der Waals surface area contributed by atoms with Crippen molar-refractivity contribution < 1.29 is 4.79 Å². The number of hydrogen-bond acceptors (Lipinski definition) is 2. The van der Waals surface area contributed by atoms with Crippen LogP contribution in [-0.2, 0) is 4.79 Å². The van der Waals surface area contributed by atoms with Crippen molar-refractivity contribution >= 4 is 5.91 Å². The van der Waals surface area contributed by atoms with Gasteiger partial charge in [0.2, 0.25) is 5.91 Å². The number of hydrogen-bond donors (Lipinski definition) is 2. The van der Waals surface area contributed by atoms with Crippen LogP contribution in [0.1, 0.15) is 51.9 Å². The van der Waals surface area contributed by atoms with Crippen LogP contribution in [0.4, 0.5) is 0 Å². The largest absolute Gasteiger partial charge is 0.349 e. The van der Waals surface area contributed by atoms with Crippen molar-refractivity contribution in [3.8, 4) is 0 Å². The molecule has 0 spiro atoms. The third-order valence-electron chi connectivity index (χ3n) is 3.18. The fourth-order valence-corrected chi connectivity index (χ4v) is 2.17. The van der Waals surface area contributed by atoms with Crippen LogP contribution < -0.4 is 11.1 Å². The van der Waals surface area contributed by atoms with E-state index < -0.39 is 0 Å². The Morgan fingerprint density at radius 3 is 2.29 bits per heavy atom. The summed E-state index contributed by atoms with van der Waals surface area (Å²) in [5.41, 5.74) is 5.70. The van der Waals surface area contributed by atoms with Gasteiger partial charge in [-0.3, -0.25) is 4.79 Å². The minimum Gasteiger partial charge on any atom is -0.349 e. The minimum absolute atomic E-state index is 0.0937. The van der Waals surface area contributed by atoms with E-state index in [1.807, 2.05) is 6.92 Å². The Balaban J connectivity index is 2.57. The molecule has 82 valence electrons. The first-order valence-corrected chi connectivity index (χ1v) is 5.73. The molecule has 0 heterocycles. The summed E-state index contributed by atoms with van der Waals surface area (Å²) in [4.78, 5) is 11.4. The van der Waals surface area contributed by atoms with Crippen LogP contribution in [0.15, 0.2) is 0 Å². The molecule has 0 aromatic rings. The third kappa shape index (κ3) is 2.98. The SMILES string of the molecule is CCC(=O)NC1(CN)CCCCCC1. The van der Waals surface area contributed by atoms with Crippen molar-refractivity contribution in [3.63, 3.8) is 0 Å². The van der Waals surface area contributed by atoms with Crippen molar-refractivity contribution in [2.45, 2.75) is 57.4 Å². The maximum absolute atomic E-state index is 11.4. The Morgan fingerprint density at radius 2 is 1.86 bits per heavy atom. The van der Waals surface area contributed by atoms with E-state index in [2.05, 4.69) is 5.32 Å². The maximum atomic E-state index is 11.4. The highest BCUT2D eigenvalue weighted by Crippen LogP contribution is 2.26. The first-order chi connectivity index (χ1) is 6.72. The van der Waals surface area contributed by atoms with Crippen molar-refractivity contribution in [2.24, 2.45) is 5.73 Å². The van der Waals surface area contributed by atoms with E-state index in [1.165, 1.54) is 25.7 Å². The fourth-order valence-electron chi connectivity index (χ4n) is 2.17. The zero-order chi connectivity index (χ0) is 10.4. The number of nitrogens with two attached hydrogens (primary N) is 1. The Kier molecular flexibility index (Phi) is 4.39. The lowest BCUT2D eigenvalue weighted by atomic mass is 9.90. The molecule has 1 aliphatic rings. The summed E-state index contributed by atoms with van der Waals surface area (Å²) in [5.74, 6) is 0.136. The summed E-state index contributed by atoms with van der Waals surface area (Å²) >= 11 is 0. The molecule has 0 aromatic heterocycles. The number of carbonyl (C=O) groups excluding carboxylic acids is 1. The van der Waals surface area contributed by atoms with Crippen LogP contribution in [-0.4, -0.2) is 18.0 Å². The average molecular weight is 198 g/mol. The van der Waals surface area contributed by atoms with E-state index in [4.69, 9.17) is 5.73 Å². The smallest absolute Gasteiger partial charge is 0.220 e. The molecule has 1 aliphatic carbocycles. The van der Waals surface area contributed by atoms with Crippen molar-refractivity contribution in [1.29, 1.82) is 0 Å². The number of amides is 1. The maximum Gasteiger partial charge on any atom is 0.220 e. The molecule has 14 heavy (non-hydrogen) atoms. The molecule has 0 saturated heterocycles. The summed E-state index contributed by atoms with van der Waals surface area (Å²) in [6.45, 7) is 2.47. The lowest BCUT2D eigenvalue weighted by molar-refractivity contribution is -0.122. The molecule has 1 rings (SSSR count). The van der Waals surface area contributed by atoms with E-state index >= 15 is 0 Å². The standard InChI is InChI=1S/C11H22N2O/c1-2-10(14)13-11(9-12)7-5-3-4-6-8-11/h2-9,12H2,1H3,(H,13,14). The van der Waals surface area contributed by atoms with Crippen LogP contribution in [0.2, 0.25) is 0 Å². The Morgan fingerprint density at radius 1 is 1.29 bits per heavy atom. The van der Waals surface area contributed by atoms with Gasteiger partial charge >= 0.3 is 0 Å². The molecule has 0 atom stereocenters. The van der Waals surface area contributed by atoms with Crippen LogP contribution in [0.5, 0.6) is 0 Å². The topological polar surface area (TPSA) is 55.1 Å². The highest BCUT2D eigenvalue weighted by Gasteiger charge is 2.30. The van der Waals surface area contributed by atoms with Crippen molar-refractivity contribution in [2.75, 3.05) is 6.54 Å². The molecule has 1 amide bonds. The van der Waals surface area contributed by atoms with Gasteiger partial charge in [-0.05, 0) is 12.8 Å². The van der Waals surface area contributed by atoms with Gasteiger partial charge in [-0.25, -0.2) is 0 Å². The van der Waals surface area contributed by atoms with Crippen LogP contribution in [0.25, 0.3) is 0 Å². The first kappa shape index (κ1) is 11.5. The van der Waals surface area contributed by atoms with Gasteiger partial charge in [0.25, 0.3) is 0 Å². The highest BCUT2D eigenvalue weighted by molar-refractivity contribution is 5.76. The molecule has 0 radical (unpaired) electrons. The van der Waals surface area contributed by atoms with Gasteiger partial charge in [-0.2, -0.15) is 0 Å². The molecule has 0 aromatic carbocycles. The summed E-state index contributed by atoms with van der Waals surface area (Å²) in [7, 11) is 0. The van der Waals surface area contributed by atoms with E-state index in [9.17, 15) is 4.79 Å². The number of carbonyl (C=O) groups is 1. The van der Waals surface area contributed by atoms with Gasteiger partial charge < -0.3 is 11.1 Å². The van der Waals surface area contributed by atoms with Crippen molar-refractivity contribution in [3.05, 3.63) is 0 Å². The molecule has 1 fully saturated rings. The predicted molar refractivity (Wildman–Crippen MR) is 57.9 cm³/mol. The quantitative estimate of drug-likeness (QED) is 0.676. The lowest BCUT2D eigenvalue weighted by Gasteiger charge is -2.32. The van der Waals surface area contributed by atoms with Gasteiger partial charge in [0, 0.05) is 13.0 Å². The zero-order valence-electron chi connectivity index (χ0n) is 9.14. The molecule has 1 saturated carbocycles. The molecule has 0 unspecified atom stereocenters. The molecule has 3 N–H and O–H groups in total. The Hall–Kier alpha value is -0.570. The molecule has 3 nitrogen and oxygen atoms in total. The molecule has 3 heteroatoms. The molecular weight excluding hydrogens is 176 g/mol. The van der Waals surface area contributed by atoms with Gasteiger partial charge in [0.1, 0.15) is 0 Å². The Bertz CT molecular complexity index is 184. The van der Waals surface area contributed by atoms with E-state index in [0.29, 0.717) is 13.0 Å². The summed E-state index contributed by atoms with van der Waals surface area (Å²) in [5, 5.41) is 3.11. The van der Waals surface area contributed by atoms with Gasteiger partial charge in [-0.15, -0.1) is 0 Å². The van der Waals surface area contributed by atoms with Gasteiger partial charge in [0.15, 0.2) is 0 Å². The predicted octanol–water partition coefficient (Wildman–Crippen LogP) is 1.56. The lowest BCUT2D eigenvalue weighted by Crippen LogP contribution is -2.53. The zero-order valence-corrected chi connectivity index (χ0v) is 9.14. The monoisotopic (exact) mass is 198 g/mol. The second kappa shape index (κ2) is 5.35. The summed E-state index contributed by atoms with van der Waals surface area (Å²) < 4.78 is 0. The van der Waals surface area contributed by atoms with Gasteiger partial charge in [-0.1, -0.05) is 32.6 Å². The second-order valence-electron chi connectivity index (χ2n) is 4.30. The molecular formula is C11H22N2O. The van der Waals surface area contributed by atoms with Crippen LogP contribution in [0, 0.1) is 0 Å². The van der Waals surface area contributed by atoms with Crippen LogP contribution >= 0.6 is 0 Å². The second-order valence-corrected chi connectivity index (χ2v) is 4.30. The molecule has 0 bridgehead atoms. The third-order valence-corrected chi connectivity index (χ3v) is 3.18. The number of rotatable bonds is 3.